The van der Waals surface area contributed by atoms with Crippen LogP contribution in [0.25, 0.3) is 0 Å². The Balaban J connectivity index is 2.08. The van der Waals surface area contributed by atoms with Crippen molar-refractivity contribution in [2.45, 2.75) is 72.0 Å². The van der Waals surface area contributed by atoms with Gasteiger partial charge in [0, 0.05) is 6.04 Å². The highest BCUT2D eigenvalue weighted by molar-refractivity contribution is 4.92. The SMILES string of the molecule is CC(C)(C)CC(C)(C)n1nnnc1CNC1CC1. The average molecular weight is 251 g/mol. The van der Waals surface area contributed by atoms with Crippen LogP contribution in [-0.4, -0.2) is 26.2 Å². The molecule has 1 heterocycles. The molecule has 1 fully saturated rings. The number of hydrogen-bond donors (Lipinski definition) is 1. The summed E-state index contributed by atoms with van der Waals surface area (Å²) in [4.78, 5) is 0. The first-order valence-electron chi connectivity index (χ1n) is 6.79. The van der Waals surface area contributed by atoms with Gasteiger partial charge in [-0.05, 0) is 49.0 Å². The molecule has 1 saturated carbocycles. The van der Waals surface area contributed by atoms with E-state index in [9.17, 15) is 0 Å². The van der Waals surface area contributed by atoms with Crippen molar-refractivity contribution in [1.82, 2.24) is 25.5 Å². The van der Waals surface area contributed by atoms with Crippen LogP contribution in [0.3, 0.4) is 0 Å². The van der Waals surface area contributed by atoms with E-state index in [0.29, 0.717) is 6.04 Å². The van der Waals surface area contributed by atoms with Gasteiger partial charge in [-0.2, -0.15) is 0 Å². The van der Waals surface area contributed by atoms with Crippen LogP contribution >= 0.6 is 0 Å². The molecule has 1 aliphatic carbocycles. The summed E-state index contributed by atoms with van der Waals surface area (Å²) in [7, 11) is 0. The van der Waals surface area contributed by atoms with Gasteiger partial charge in [-0.1, -0.05) is 20.8 Å². The smallest absolute Gasteiger partial charge is 0.165 e. The van der Waals surface area contributed by atoms with Crippen LogP contribution in [0.15, 0.2) is 0 Å². The minimum absolute atomic E-state index is 0.0533. The predicted octanol–water partition coefficient (Wildman–Crippen LogP) is 2.10. The molecule has 0 aromatic carbocycles. The van der Waals surface area contributed by atoms with Crippen molar-refractivity contribution in [3.63, 3.8) is 0 Å². The molecule has 0 atom stereocenters. The summed E-state index contributed by atoms with van der Waals surface area (Å²) >= 11 is 0. The standard InChI is InChI=1S/C13H25N5/c1-12(2,3)9-13(4,5)18-11(15-16-17-18)8-14-10-6-7-10/h10,14H,6-9H2,1-5H3. The van der Waals surface area contributed by atoms with Gasteiger partial charge in [0.2, 0.25) is 0 Å². The fourth-order valence-electron chi connectivity index (χ4n) is 2.68. The Labute approximate surface area is 109 Å². The molecule has 0 spiro atoms. The Morgan fingerprint density at radius 1 is 1.22 bits per heavy atom. The highest BCUT2D eigenvalue weighted by Gasteiger charge is 2.31. The van der Waals surface area contributed by atoms with Crippen molar-refractivity contribution >= 4 is 0 Å². The van der Waals surface area contributed by atoms with Gasteiger partial charge in [-0.15, -0.1) is 5.10 Å². The second kappa shape index (κ2) is 4.61. The molecule has 1 aromatic heterocycles. The lowest BCUT2D eigenvalue weighted by molar-refractivity contribution is 0.190. The number of nitrogens with one attached hydrogen (secondary N) is 1. The Morgan fingerprint density at radius 2 is 1.89 bits per heavy atom. The molecule has 18 heavy (non-hydrogen) atoms. The minimum Gasteiger partial charge on any atom is -0.307 e. The fourth-order valence-corrected chi connectivity index (χ4v) is 2.68. The zero-order valence-electron chi connectivity index (χ0n) is 12.2. The molecule has 5 heteroatoms. The van der Waals surface area contributed by atoms with E-state index in [0.717, 1.165) is 18.8 Å². The monoisotopic (exact) mass is 251 g/mol. The topological polar surface area (TPSA) is 55.6 Å². The largest absolute Gasteiger partial charge is 0.307 e. The number of tetrazole rings is 1. The van der Waals surface area contributed by atoms with Crippen molar-refractivity contribution in [3.05, 3.63) is 5.82 Å². The number of nitrogens with zero attached hydrogens (tertiary/aromatic N) is 4. The van der Waals surface area contributed by atoms with E-state index in [1.807, 2.05) is 4.68 Å². The average Bonchev–Trinajstić information content (AvgIpc) is 2.88. The molecule has 0 bridgehead atoms. The van der Waals surface area contributed by atoms with E-state index in [-0.39, 0.29) is 11.0 Å². The van der Waals surface area contributed by atoms with Gasteiger partial charge < -0.3 is 5.32 Å². The van der Waals surface area contributed by atoms with Gasteiger partial charge in [0.05, 0.1) is 12.1 Å². The van der Waals surface area contributed by atoms with Crippen molar-refractivity contribution in [1.29, 1.82) is 0 Å². The predicted molar refractivity (Wildman–Crippen MR) is 71.1 cm³/mol. The summed E-state index contributed by atoms with van der Waals surface area (Å²) in [6, 6.07) is 0.681. The molecule has 5 nitrogen and oxygen atoms in total. The minimum atomic E-state index is -0.0533. The lowest BCUT2D eigenvalue weighted by Gasteiger charge is -2.32. The maximum Gasteiger partial charge on any atom is 0.165 e. The zero-order valence-corrected chi connectivity index (χ0v) is 12.2. The normalized spacial score (nSPS) is 17.2. The summed E-state index contributed by atoms with van der Waals surface area (Å²) in [5, 5.41) is 15.6. The van der Waals surface area contributed by atoms with Crippen molar-refractivity contribution in [3.8, 4) is 0 Å². The zero-order chi connectivity index (χ0) is 13.4. The first-order valence-corrected chi connectivity index (χ1v) is 6.79. The third kappa shape index (κ3) is 3.51. The van der Waals surface area contributed by atoms with E-state index in [1.54, 1.807) is 0 Å². The Morgan fingerprint density at radius 3 is 2.44 bits per heavy atom. The lowest BCUT2D eigenvalue weighted by Crippen LogP contribution is -2.35. The first kappa shape index (κ1) is 13.5. The fraction of sp³-hybridized carbons (Fsp3) is 0.923. The van der Waals surface area contributed by atoms with Crippen LogP contribution in [0.1, 0.15) is 59.7 Å². The van der Waals surface area contributed by atoms with E-state index in [4.69, 9.17) is 0 Å². The molecule has 1 aliphatic rings. The molecule has 102 valence electrons. The quantitative estimate of drug-likeness (QED) is 0.870. The van der Waals surface area contributed by atoms with Crippen LogP contribution in [0, 0.1) is 5.41 Å². The third-order valence-electron chi connectivity index (χ3n) is 3.20. The van der Waals surface area contributed by atoms with E-state index < -0.39 is 0 Å². The maximum atomic E-state index is 4.19. The molecular weight excluding hydrogens is 226 g/mol. The molecule has 1 aromatic rings. The highest BCUT2D eigenvalue weighted by Crippen LogP contribution is 2.32. The third-order valence-corrected chi connectivity index (χ3v) is 3.20. The van der Waals surface area contributed by atoms with Crippen LogP contribution in [-0.2, 0) is 12.1 Å². The summed E-state index contributed by atoms with van der Waals surface area (Å²) < 4.78 is 1.98. The van der Waals surface area contributed by atoms with Crippen molar-refractivity contribution < 1.29 is 0 Å². The van der Waals surface area contributed by atoms with E-state index in [2.05, 4.69) is 55.5 Å². The summed E-state index contributed by atoms with van der Waals surface area (Å²) in [6.45, 7) is 11.9. The molecule has 0 aliphatic heterocycles. The molecular formula is C13H25N5. The Bertz CT molecular complexity index is 398. The van der Waals surface area contributed by atoms with Crippen LogP contribution < -0.4 is 5.32 Å². The molecule has 0 amide bonds. The van der Waals surface area contributed by atoms with Crippen LogP contribution in [0.4, 0.5) is 0 Å². The molecule has 1 N–H and O–H groups in total. The summed E-state index contributed by atoms with van der Waals surface area (Å²) in [5.41, 5.74) is 0.207. The Hall–Kier alpha value is -0.970. The van der Waals surface area contributed by atoms with Crippen molar-refractivity contribution in [2.24, 2.45) is 5.41 Å². The van der Waals surface area contributed by atoms with Gasteiger partial charge in [0.25, 0.3) is 0 Å². The molecule has 2 rings (SSSR count). The highest BCUT2D eigenvalue weighted by atomic mass is 15.6. The van der Waals surface area contributed by atoms with E-state index >= 15 is 0 Å². The van der Waals surface area contributed by atoms with Gasteiger partial charge in [-0.3, -0.25) is 0 Å². The number of aromatic nitrogens is 4. The second-order valence-corrected chi connectivity index (χ2v) is 7.21. The summed E-state index contributed by atoms with van der Waals surface area (Å²) in [6.07, 6.45) is 3.61. The van der Waals surface area contributed by atoms with Gasteiger partial charge in [-0.25, -0.2) is 4.68 Å². The Kier molecular flexibility index (Phi) is 3.45. The molecule has 0 unspecified atom stereocenters. The molecule has 0 radical (unpaired) electrons. The first-order chi connectivity index (χ1) is 8.28. The molecule has 0 saturated heterocycles. The second-order valence-electron chi connectivity index (χ2n) is 7.21. The lowest BCUT2D eigenvalue weighted by atomic mass is 9.82. The van der Waals surface area contributed by atoms with E-state index in [1.165, 1.54) is 12.8 Å². The summed E-state index contributed by atoms with van der Waals surface area (Å²) in [5.74, 6) is 0.941. The van der Waals surface area contributed by atoms with Gasteiger partial charge >= 0.3 is 0 Å². The van der Waals surface area contributed by atoms with Crippen molar-refractivity contribution in [2.75, 3.05) is 0 Å². The number of hydrogen-bond acceptors (Lipinski definition) is 4. The van der Waals surface area contributed by atoms with Crippen LogP contribution in [0.5, 0.6) is 0 Å². The van der Waals surface area contributed by atoms with Gasteiger partial charge in [0.15, 0.2) is 5.82 Å². The number of rotatable bonds is 5. The maximum absolute atomic E-state index is 4.19. The van der Waals surface area contributed by atoms with Crippen LogP contribution in [0.2, 0.25) is 0 Å². The van der Waals surface area contributed by atoms with Gasteiger partial charge in [0.1, 0.15) is 0 Å².